The van der Waals surface area contributed by atoms with E-state index in [0.717, 1.165) is 5.39 Å². The molecule has 0 aromatic carbocycles. The molecule has 6 nitrogen and oxygen atoms in total. The Morgan fingerprint density at radius 1 is 1.44 bits per heavy atom. The molecule has 2 aromatic rings. The molecule has 2 rings (SSSR count). The van der Waals surface area contributed by atoms with E-state index in [2.05, 4.69) is 21.8 Å². The quantitative estimate of drug-likeness (QED) is 0.671. The van der Waals surface area contributed by atoms with E-state index < -0.39 is 10.0 Å². The first-order chi connectivity index (χ1) is 8.47. The molecule has 0 aliphatic carbocycles. The highest BCUT2D eigenvalue weighted by Crippen LogP contribution is 2.21. The number of anilines is 1. The van der Waals surface area contributed by atoms with Crippen LogP contribution in [0.3, 0.4) is 0 Å². The van der Waals surface area contributed by atoms with Gasteiger partial charge in [0.1, 0.15) is 5.65 Å². The summed E-state index contributed by atoms with van der Waals surface area (Å²) in [6.07, 6.45) is 3.45. The Balaban J connectivity index is 2.27. The van der Waals surface area contributed by atoms with Crippen molar-refractivity contribution in [2.24, 2.45) is 5.14 Å². The van der Waals surface area contributed by atoms with E-state index in [1.807, 2.05) is 0 Å². The minimum atomic E-state index is -3.46. The fourth-order valence-corrected chi connectivity index (χ4v) is 1.92. The summed E-state index contributed by atoms with van der Waals surface area (Å²) in [6, 6.07) is 1.73. The van der Waals surface area contributed by atoms with Crippen LogP contribution in [0.15, 0.2) is 18.5 Å². The molecule has 0 aliphatic heterocycles. The number of nitrogens with zero attached hydrogens (tertiary/aromatic N) is 1. The van der Waals surface area contributed by atoms with Gasteiger partial charge in [0.05, 0.1) is 16.8 Å². The zero-order valence-electron chi connectivity index (χ0n) is 9.47. The number of hydrogen-bond donors (Lipinski definition) is 3. The van der Waals surface area contributed by atoms with Gasteiger partial charge in [0.25, 0.3) is 0 Å². The van der Waals surface area contributed by atoms with E-state index in [-0.39, 0.29) is 12.2 Å². The van der Waals surface area contributed by atoms with Crippen LogP contribution >= 0.6 is 0 Å². The Kier molecular flexibility index (Phi) is 3.23. The van der Waals surface area contributed by atoms with Crippen molar-refractivity contribution < 1.29 is 8.42 Å². The average molecular weight is 264 g/mol. The molecule has 0 saturated carbocycles. The Morgan fingerprint density at radius 3 is 2.94 bits per heavy atom. The molecular formula is C11H12N4O2S. The molecule has 2 heterocycles. The highest BCUT2D eigenvalue weighted by atomic mass is 32.2. The predicted octanol–water partition coefficient (Wildman–Crippen LogP) is 0.175. The maximum atomic E-state index is 10.7. The van der Waals surface area contributed by atoms with Crippen LogP contribution in [0.4, 0.5) is 5.69 Å². The first-order valence-corrected chi connectivity index (χ1v) is 6.90. The van der Waals surface area contributed by atoms with Crippen molar-refractivity contribution in [3.05, 3.63) is 24.0 Å². The molecule has 0 spiro atoms. The van der Waals surface area contributed by atoms with Gasteiger partial charge in [0.15, 0.2) is 0 Å². The normalized spacial score (nSPS) is 11.2. The van der Waals surface area contributed by atoms with Crippen LogP contribution in [0.2, 0.25) is 0 Å². The monoisotopic (exact) mass is 264 g/mol. The van der Waals surface area contributed by atoms with Crippen LogP contribution in [-0.2, 0) is 10.0 Å². The third-order valence-electron chi connectivity index (χ3n) is 2.34. The number of sulfonamides is 1. The van der Waals surface area contributed by atoms with E-state index in [4.69, 9.17) is 10.9 Å². The second kappa shape index (κ2) is 4.68. The van der Waals surface area contributed by atoms with Crippen molar-refractivity contribution in [2.45, 2.75) is 6.42 Å². The molecule has 0 bridgehead atoms. The van der Waals surface area contributed by atoms with Gasteiger partial charge in [-0.1, -0.05) is 11.8 Å². The number of rotatable bonds is 2. The first-order valence-electron chi connectivity index (χ1n) is 5.18. The van der Waals surface area contributed by atoms with Crippen molar-refractivity contribution in [3.8, 4) is 11.8 Å². The van der Waals surface area contributed by atoms with Crippen LogP contribution in [0.25, 0.3) is 11.0 Å². The van der Waals surface area contributed by atoms with Gasteiger partial charge in [-0.25, -0.2) is 18.5 Å². The van der Waals surface area contributed by atoms with Crippen molar-refractivity contribution >= 4 is 26.7 Å². The zero-order chi connectivity index (χ0) is 13.2. The third-order valence-corrected chi connectivity index (χ3v) is 3.11. The average Bonchev–Trinajstić information content (AvgIpc) is 2.66. The molecule has 0 saturated heterocycles. The summed E-state index contributed by atoms with van der Waals surface area (Å²) in [6.45, 7) is 0. The number of nitrogen functional groups attached to an aromatic ring is 1. The van der Waals surface area contributed by atoms with E-state index in [0.29, 0.717) is 16.9 Å². The Labute approximate surface area is 104 Å². The number of primary sulfonamides is 1. The summed E-state index contributed by atoms with van der Waals surface area (Å²) < 4.78 is 21.5. The lowest BCUT2D eigenvalue weighted by Gasteiger charge is -1.95. The van der Waals surface area contributed by atoms with Crippen LogP contribution in [0.5, 0.6) is 0 Å². The van der Waals surface area contributed by atoms with Crippen LogP contribution in [-0.4, -0.2) is 24.1 Å². The van der Waals surface area contributed by atoms with Gasteiger partial charge in [-0.3, -0.25) is 0 Å². The van der Waals surface area contributed by atoms with Crippen molar-refractivity contribution in [1.29, 1.82) is 0 Å². The number of nitrogens with one attached hydrogen (secondary N) is 1. The smallest absolute Gasteiger partial charge is 0.210 e. The molecular weight excluding hydrogens is 252 g/mol. The number of aromatic nitrogens is 2. The maximum absolute atomic E-state index is 10.7. The van der Waals surface area contributed by atoms with Gasteiger partial charge in [0, 0.05) is 24.4 Å². The highest BCUT2D eigenvalue weighted by Gasteiger charge is 2.05. The summed E-state index contributed by atoms with van der Waals surface area (Å²) in [7, 11) is -3.46. The Hall–Kier alpha value is -2.04. The standard InChI is InChI=1S/C11H12N4O2S/c12-9-7-15-11-10(9)8(4-5-14-11)3-1-2-6-18(13,16)17/h4-5,7H,2,6,12H2,(H,14,15)(H2,13,16,17). The van der Waals surface area contributed by atoms with Crippen LogP contribution in [0, 0.1) is 11.8 Å². The summed E-state index contributed by atoms with van der Waals surface area (Å²) in [5, 5.41) is 5.63. The number of fused-ring (bicyclic) bond motifs is 1. The highest BCUT2D eigenvalue weighted by molar-refractivity contribution is 7.89. The molecule has 2 aromatic heterocycles. The van der Waals surface area contributed by atoms with E-state index >= 15 is 0 Å². The number of H-pyrrole nitrogens is 1. The summed E-state index contributed by atoms with van der Waals surface area (Å²) in [5.41, 5.74) is 7.73. The Morgan fingerprint density at radius 2 is 2.22 bits per heavy atom. The van der Waals surface area contributed by atoms with Crippen LogP contribution in [0.1, 0.15) is 12.0 Å². The number of hydrogen-bond acceptors (Lipinski definition) is 4. The van der Waals surface area contributed by atoms with Gasteiger partial charge < -0.3 is 10.7 Å². The lowest BCUT2D eigenvalue weighted by molar-refractivity contribution is 0.597. The summed E-state index contributed by atoms with van der Waals surface area (Å²) in [4.78, 5) is 7.03. The molecule has 0 fully saturated rings. The molecule has 0 radical (unpaired) electrons. The third kappa shape index (κ3) is 2.80. The summed E-state index contributed by atoms with van der Waals surface area (Å²) >= 11 is 0. The lowest BCUT2D eigenvalue weighted by Crippen LogP contribution is -2.15. The maximum Gasteiger partial charge on any atom is 0.210 e. The van der Waals surface area contributed by atoms with Gasteiger partial charge in [0.2, 0.25) is 10.0 Å². The van der Waals surface area contributed by atoms with Crippen molar-refractivity contribution in [2.75, 3.05) is 11.5 Å². The zero-order valence-corrected chi connectivity index (χ0v) is 10.3. The molecule has 0 aliphatic rings. The van der Waals surface area contributed by atoms with Gasteiger partial charge >= 0.3 is 0 Å². The molecule has 5 N–H and O–H groups in total. The first kappa shape index (κ1) is 12.4. The molecule has 7 heteroatoms. The topological polar surface area (TPSA) is 115 Å². The molecule has 0 atom stereocenters. The van der Waals surface area contributed by atoms with Gasteiger partial charge in [-0.05, 0) is 6.07 Å². The minimum Gasteiger partial charge on any atom is -0.397 e. The fraction of sp³-hybridized carbons (Fsp3) is 0.182. The van der Waals surface area contributed by atoms with Gasteiger partial charge in [-0.15, -0.1) is 0 Å². The number of nitrogens with two attached hydrogens (primary N) is 2. The Bertz CT molecular complexity index is 737. The van der Waals surface area contributed by atoms with Gasteiger partial charge in [-0.2, -0.15) is 0 Å². The molecule has 0 unspecified atom stereocenters. The van der Waals surface area contributed by atoms with E-state index in [9.17, 15) is 8.42 Å². The SMILES string of the molecule is Nc1c[nH]c2nccc(C#CCCS(N)(=O)=O)c12. The van der Waals surface area contributed by atoms with E-state index in [1.165, 1.54) is 0 Å². The minimum absolute atomic E-state index is 0.156. The van der Waals surface area contributed by atoms with E-state index in [1.54, 1.807) is 18.5 Å². The van der Waals surface area contributed by atoms with Crippen molar-refractivity contribution in [3.63, 3.8) is 0 Å². The number of aromatic amines is 1. The van der Waals surface area contributed by atoms with Crippen LogP contribution < -0.4 is 10.9 Å². The predicted molar refractivity (Wildman–Crippen MR) is 70.0 cm³/mol. The number of pyridine rings is 1. The second-order valence-corrected chi connectivity index (χ2v) is 5.48. The molecule has 18 heavy (non-hydrogen) atoms. The van der Waals surface area contributed by atoms with Crippen molar-refractivity contribution in [1.82, 2.24) is 9.97 Å². The second-order valence-electron chi connectivity index (χ2n) is 3.74. The largest absolute Gasteiger partial charge is 0.397 e. The summed E-state index contributed by atoms with van der Waals surface area (Å²) in [5.74, 6) is 5.48. The molecule has 94 valence electrons. The lowest BCUT2D eigenvalue weighted by atomic mass is 10.1. The fourth-order valence-electron chi connectivity index (χ4n) is 1.54. The molecule has 0 amide bonds.